The molecule has 1 aliphatic rings. The number of carbonyl (C=O) groups excluding carboxylic acids is 1. The number of halogens is 6. The largest absolute Gasteiger partial charge is 0.493 e. The third-order valence-corrected chi connectivity index (χ3v) is 3.96. The molecule has 1 saturated heterocycles. The summed E-state index contributed by atoms with van der Waals surface area (Å²) in [6, 6.07) is 0. The van der Waals surface area contributed by atoms with Crippen molar-refractivity contribution in [3.63, 3.8) is 0 Å². The number of aromatic hydroxyl groups is 1. The van der Waals surface area contributed by atoms with Gasteiger partial charge >= 0.3 is 12.4 Å². The molecule has 0 spiro atoms. The summed E-state index contributed by atoms with van der Waals surface area (Å²) < 4.78 is 77.6. The van der Waals surface area contributed by atoms with Crippen molar-refractivity contribution < 1.29 is 36.2 Å². The molecule has 1 aromatic rings. The third-order valence-electron chi connectivity index (χ3n) is 3.96. The van der Waals surface area contributed by atoms with E-state index in [0.717, 1.165) is 6.33 Å². The maximum Gasteiger partial charge on any atom is 0.404 e. The highest BCUT2D eigenvalue weighted by molar-refractivity contribution is 5.79. The monoisotopic (exact) mass is 359 g/mol. The highest BCUT2D eigenvalue weighted by Crippen LogP contribution is 2.55. The Morgan fingerprint density at radius 1 is 1.29 bits per heavy atom. The van der Waals surface area contributed by atoms with Crippen molar-refractivity contribution in [1.82, 2.24) is 14.9 Å². The average molecular weight is 359 g/mol. The molecule has 0 aliphatic carbocycles. The van der Waals surface area contributed by atoms with Crippen LogP contribution in [0.5, 0.6) is 5.88 Å². The first-order valence-corrected chi connectivity index (χ1v) is 6.56. The quantitative estimate of drug-likeness (QED) is 0.781. The Labute approximate surface area is 130 Å². The molecule has 1 fully saturated rings. The Morgan fingerprint density at radius 2 is 1.88 bits per heavy atom. The minimum atomic E-state index is -5.58. The van der Waals surface area contributed by atoms with Gasteiger partial charge in [-0.3, -0.25) is 9.59 Å². The van der Waals surface area contributed by atoms with Crippen molar-refractivity contribution >= 4 is 5.91 Å². The summed E-state index contributed by atoms with van der Waals surface area (Å²) in [7, 11) is 0. The van der Waals surface area contributed by atoms with Crippen molar-refractivity contribution in [3.8, 4) is 5.88 Å². The van der Waals surface area contributed by atoms with Gasteiger partial charge in [0.1, 0.15) is 0 Å². The lowest BCUT2D eigenvalue weighted by atomic mass is 9.85. The standard InChI is InChI=1S/C12H11F6N3O3/c13-11(14,15)10(12(16,17)18)1-2-21(4-10)7(22)3-6-8(23)19-5-20-9(6)24/h5H,1-4H2,(H2,19,20,23,24). The fourth-order valence-corrected chi connectivity index (χ4v) is 2.49. The first-order chi connectivity index (χ1) is 10.9. The summed E-state index contributed by atoms with van der Waals surface area (Å²) in [6.45, 7) is -2.35. The second-order valence-corrected chi connectivity index (χ2v) is 5.35. The van der Waals surface area contributed by atoms with Gasteiger partial charge in [0.15, 0.2) is 5.41 Å². The Balaban J connectivity index is 2.24. The van der Waals surface area contributed by atoms with Crippen molar-refractivity contribution in [2.45, 2.75) is 25.2 Å². The van der Waals surface area contributed by atoms with E-state index >= 15 is 0 Å². The molecule has 0 saturated carbocycles. The highest BCUT2D eigenvalue weighted by Gasteiger charge is 2.72. The SMILES string of the molecule is O=C(Cc1c(O)nc[nH]c1=O)N1CCC(C(F)(F)F)(C(F)(F)F)C1. The second-order valence-electron chi connectivity index (χ2n) is 5.35. The van der Waals surface area contributed by atoms with Gasteiger partial charge in [0, 0.05) is 13.1 Å². The van der Waals surface area contributed by atoms with Gasteiger partial charge in [0.05, 0.1) is 18.3 Å². The van der Waals surface area contributed by atoms with E-state index in [1.165, 1.54) is 0 Å². The number of rotatable bonds is 2. The Hall–Kier alpha value is -2.27. The zero-order valence-electron chi connectivity index (χ0n) is 11.8. The van der Waals surface area contributed by atoms with Crippen molar-refractivity contribution in [2.75, 3.05) is 13.1 Å². The predicted octanol–water partition coefficient (Wildman–Crippen LogP) is 1.36. The summed E-state index contributed by atoms with van der Waals surface area (Å²) >= 11 is 0. The minimum Gasteiger partial charge on any atom is -0.493 e. The highest BCUT2D eigenvalue weighted by atomic mass is 19.4. The van der Waals surface area contributed by atoms with Gasteiger partial charge in [0.2, 0.25) is 11.8 Å². The van der Waals surface area contributed by atoms with Crippen LogP contribution in [0, 0.1) is 5.41 Å². The molecular formula is C12H11F6N3O3. The molecule has 0 unspecified atom stereocenters. The van der Waals surface area contributed by atoms with Gasteiger partial charge in [0.25, 0.3) is 5.56 Å². The van der Waals surface area contributed by atoms with Gasteiger partial charge in [-0.2, -0.15) is 26.3 Å². The molecule has 2 rings (SSSR count). The van der Waals surface area contributed by atoms with Crippen LogP contribution < -0.4 is 5.56 Å². The Kier molecular flexibility index (Phi) is 4.27. The second kappa shape index (κ2) is 5.67. The van der Waals surface area contributed by atoms with E-state index in [2.05, 4.69) is 4.98 Å². The number of hydrogen-bond acceptors (Lipinski definition) is 4. The number of H-pyrrole nitrogens is 1. The summed E-state index contributed by atoms with van der Waals surface area (Å²) in [4.78, 5) is 29.1. The molecule has 0 aromatic carbocycles. The fraction of sp³-hybridized carbons (Fsp3) is 0.583. The van der Waals surface area contributed by atoms with Gasteiger partial charge in [-0.05, 0) is 6.42 Å². The fourth-order valence-electron chi connectivity index (χ4n) is 2.49. The van der Waals surface area contributed by atoms with Gasteiger partial charge in [-0.15, -0.1) is 0 Å². The minimum absolute atomic E-state index is 0.382. The van der Waals surface area contributed by atoms with E-state index in [1.807, 2.05) is 4.98 Å². The van der Waals surface area contributed by atoms with E-state index < -0.39 is 66.6 Å². The van der Waals surface area contributed by atoms with Crippen LogP contribution in [0.2, 0.25) is 0 Å². The van der Waals surface area contributed by atoms with E-state index in [1.54, 1.807) is 0 Å². The molecule has 0 bridgehead atoms. The molecule has 1 aliphatic heterocycles. The van der Waals surface area contributed by atoms with Crippen LogP contribution in [0.4, 0.5) is 26.3 Å². The van der Waals surface area contributed by atoms with E-state index in [4.69, 9.17) is 0 Å². The number of aromatic amines is 1. The number of nitrogens with one attached hydrogen (secondary N) is 1. The Bertz CT molecular complexity index is 683. The van der Waals surface area contributed by atoms with Gasteiger partial charge < -0.3 is 15.0 Å². The number of hydrogen-bond donors (Lipinski definition) is 2. The zero-order chi connectivity index (χ0) is 18.3. The summed E-state index contributed by atoms with van der Waals surface area (Å²) in [5.41, 5.74) is -5.44. The molecular weight excluding hydrogens is 348 g/mol. The van der Waals surface area contributed by atoms with Crippen LogP contribution in [0.15, 0.2) is 11.1 Å². The number of carbonyl (C=O) groups is 1. The van der Waals surface area contributed by atoms with E-state index in [9.17, 15) is 41.0 Å². The first-order valence-electron chi connectivity index (χ1n) is 6.56. The lowest BCUT2D eigenvalue weighted by Crippen LogP contribution is -2.52. The molecule has 6 nitrogen and oxygen atoms in total. The molecule has 134 valence electrons. The maximum absolute atomic E-state index is 12.9. The molecule has 2 heterocycles. The van der Waals surface area contributed by atoms with Crippen LogP contribution in [0.1, 0.15) is 12.0 Å². The van der Waals surface area contributed by atoms with E-state index in [-0.39, 0.29) is 0 Å². The maximum atomic E-state index is 12.9. The molecule has 12 heteroatoms. The number of nitrogens with zero attached hydrogens (tertiary/aromatic N) is 2. The Morgan fingerprint density at radius 3 is 2.33 bits per heavy atom. The van der Waals surface area contributed by atoms with Crippen LogP contribution in [0.25, 0.3) is 0 Å². The van der Waals surface area contributed by atoms with Gasteiger partial charge in [-0.1, -0.05) is 0 Å². The zero-order valence-corrected chi connectivity index (χ0v) is 11.8. The summed E-state index contributed by atoms with van der Waals surface area (Å²) in [5.74, 6) is -1.96. The molecule has 24 heavy (non-hydrogen) atoms. The van der Waals surface area contributed by atoms with Crippen LogP contribution in [-0.4, -0.2) is 51.3 Å². The molecule has 0 radical (unpaired) electrons. The molecule has 2 N–H and O–H groups in total. The summed E-state index contributed by atoms with van der Waals surface area (Å²) in [5, 5.41) is 9.38. The van der Waals surface area contributed by atoms with Crippen LogP contribution in [0.3, 0.4) is 0 Å². The smallest absolute Gasteiger partial charge is 0.404 e. The normalized spacial score (nSPS) is 18.0. The number of aromatic nitrogens is 2. The molecule has 0 atom stereocenters. The van der Waals surface area contributed by atoms with Crippen molar-refractivity contribution in [2.24, 2.45) is 5.41 Å². The van der Waals surface area contributed by atoms with Crippen LogP contribution in [-0.2, 0) is 11.2 Å². The third kappa shape index (κ3) is 2.91. The lowest BCUT2D eigenvalue weighted by molar-refractivity contribution is -0.334. The molecule has 1 amide bonds. The van der Waals surface area contributed by atoms with Crippen LogP contribution >= 0.6 is 0 Å². The topological polar surface area (TPSA) is 86.3 Å². The number of alkyl halides is 6. The van der Waals surface area contributed by atoms with Crippen molar-refractivity contribution in [3.05, 3.63) is 22.2 Å². The number of amides is 1. The summed E-state index contributed by atoms with van der Waals surface area (Å²) in [6.07, 6.45) is -12.5. The van der Waals surface area contributed by atoms with Gasteiger partial charge in [-0.25, -0.2) is 4.98 Å². The first kappa shape index (κ1) is 18.1. The van der Waals surface area contributed by atoms with E-state index in [0.29, 0.717) is 4.90 Å². The average Bonchev–Trinajstić information content (AvgIpc) is 2.88. The number of likely N-dealkylation sites (tertiary alicyclic amines) is 1. The lowest BCUT2D eigenvalue weighted by Gasteiger charge is -2.33. The molecule has 1 aromatic heterocycles. The predicted molar refractivity (Wildman–Crippen MR) is 66.0 cm³/mol. The van der Waals surface area contributed by atoms with Crippen molar-refractivity contribution in [1.29, 1.82) is 0 Å².